The summed E-state index contributed by atoms with van der Waals surface area (Å²) in [5, 5.41) is 9.12. The van der Waals surface area contributed by atoms with E-state index in [0.29, 0.717) is 0 Å². The Labute approximate surface area is 86.2 Å². The molecule has 1 N–H and O–H groups in total. The van der Waals surface area contributed by atoms with Crippen LogP contribution in [0.5, 0.6) is 0 Å². The molecule has 13 heavy (non-hydrogen) atoms. The zero-order chi connectivity index (χ0) is 9.47. The Balaban J connectivity index is 1.92. The fourth-order valence-corrected chi connectivity index (χ4v) is 2.30. The Hall–Kier alpha value is -0.0900. The third-order valence-electron chi connectivity index (χ3n) is 3.05. The van der Waals surface area contributed by atoms with E-state index in [1.165, 1.54) is 0 Å². The summed E-state index contributed by atoms with van der Waals surface area (Å²) in [7, 11) is 0. The van der Waals surface area contributed by atoms with Crippen LogP contribution in [0.3, 0.4) is 0 Å². The van der Waals surface area contributed by atoms with Crippen molar-refractivity contribution >= 4 is 21.8 Å². The predicted molar refractivity (Wildman–Crippen MR) is 52.7 cm³/mol. The molecule has 1 atom stereocenters. The number of carbonyl (C=O) groups is 1. The van der Waals surface area contributed by atoms with E-state index in [1.807, 2.05) is 4.90 Å². The average Bonchev–Trinajstić information content (AvgIpc) is 2.85. The monoisotopic (exact) mass is 247 g/mol. The summed E-state index contributed by atoms with van der Waals surface area (Å²) < 4.78 is 0. The number of carbonyl (C=O) groups excluding carboxylic acids is 1. The molecule has 0 spiro atoms. The molecule has 1 unspecified atom stereocenters. The van der Waals surface area contributed by atoms with Gasteiger partial charge in [-0.3, -0.25) is 4.79 Å². The first-order valence-electron chi connectivity index (χ1n) is 4.71. The molecule has 1 saturated heterocycles. The number of aliphatic hydroxyl groups is 1. The molecule has 0 radical (unpaired) electrons. The van der Waals surface area contributed by atoms with Crippen molar-refractivity contribution in [2.75, 3.05) is 19.7 Å². The number of alkyl halides is 1. The van der Waals surface area contributed by atoms with E-state index >= 15 is 0 Å². The molecule has 0 bridgehead atoms. The van der Waals surface area contributed by atoms with Gasteiger partial charge in [-0.05, 0) is 19.3 Å². The highest BCUT2D eigenvalue weighted by molar-refractivity contribution is 9.10. The molecule has 0 aromatic carbocycles. The molecule has 0 aromatic rings. The van der Waals surface area contributed by atoms with Crippen LogP contribution >= 0.6 is 15.9 Å². The number of rotatable bonds is 3. The Bertz CT molecular complexity index is 228. The van der Waals surface area contributed by atoms with Crippen LogP contribution in [-0.2, 0) is 4.79 Å². The van der Waals surface area contributed by atoms with Crippen LogP contribution in [0.1, 0.15) is 19.3 Å². The fourth-order valence-electron chi connectivity index (χ4n) is 1.81. The summed E-state index contributed by atoms with van der Waals surface area (Å²) in [6, 6.07) is 0. The summed E-state index contributed by atoms with van der Waals surface area (Å²) in [5.41, 5.74) is 0.0622. The number of halogens is 1. The molecule has 2 fully saturated rings. The van der Waals surface area contributed by atoms with Gasteiger partial charge in [-0.25, -0.2) is 0 Å². The maximum Gasteiger partial charge on any atom is 0.236 e. The predicted octanol–water partition coefficient (Wildman–Crippen LogP) is 0.755. The van der Waals surface area contributed by atoms with Gasteiger partial charge in [0.25, 0.3) is 0 Å². The van der Waals surface area contributed by atoms with Crippen molar-refractivity contribution in [3.05, 3.63) is 0 Å². The lowest BCUT2D eigenvalue weighted by Gasteiger charge is -2.21. The van der Waals surface area contributed by atoms with Gasteiger partial charge in [0.2, 0.25) is 5.91 Å². The molecule has 4 heteroatoms. The maximum atomic E-state index is 11.5. The second kappa shape index (κ2) is 3.24. The van der Waals surface area contributed by atoms with Gasteiger partial charge < -0.3 is 10.0 Å². The summed E-state index contributed by atoms with van der Waals surface area (Å²) >= 11 is 3.34. The van der Waals surface area contributed by atoms with Gasteiger partial charge in [0.05, 0.1) is 11.4 Å². The van der Waals surface area contributed by atoms with E-state index in [-0.39, 0.29) is 22.8 Å². The molecule has 2 rings (SSSR count). The van der Waals surface area contributed by atoms with Crippen LogP contribution in [-0.4, -0.2) is 40.4 Å². The number of amides is 1. The SMILES string of the molecule is O=C1C(Br)CCN1CC1(CO)CC1. The van der Waals surface area contributed by atoms with Crippen LogP contribution in [0.25, 0.3) is 0 Å². The van der Waals surface area contributed by atoms with E-state index in [9.17, 15) is 4.79 Å². The van der Waals surface area contributed by atoms with Gasteiger partial charge in [-0.1, -0.05) is 15.9 Å². The molecule has 0 aromatic heterocycles. The van der Waals surface area contributed by atoms with E-state index in [2.05, 4.69) is 15.9 Å². The zero-order valence-electron chi connectivity index (χ0n) is 7.50. The summed E-state index contributed by atoms with van der Waals surface area (Å²) in [6.07, 6.45) is 3.04. The topological polar surface area (TPSA) is 40.5 Å². The normalized spacial score (nSPS) is 31.1. The minimum Gasteiger partial charge on any atom is -0.396 e. The Morgan fingerprint density at radius 3 is 2.69 bits per heavy atom. The molecular formula is C9H14BrNO2. The van der Waals surface area contributed by atoms with Crippen LogP contribution in [0, 0.1) is 5.41 Å². The second-order valence-corrected chi connectivity index (χ2v) is 5.28. The summed E-state index contributed by atoms with van der Waals surface area (Å²) in [4.78, 5) is 13.4. The number of hydrogen-bond acceptors (Lipinski definition) is 2. The molecule has 1 aliphatic heterocycles. The van der Waals surface area contributed by atoms with Gasteiger partial charge in [0.1, 0.15) is 0 Å². The lowest BCUT2D eigenvalue weighted by atomic mass is 10.1. The van der Waals surface area contributed by atoms with Crippen molar-refractivity contribution in [1.29, 1.82) is 0 Å². The Morgan fingerprint density at radius 2 is 2.31 bits per heavy atom. The number of nitrogens with zero attached hydrogens (tertiary/aromatic N) is 1. The highest BCUT2D eigenvalue weighted by Crippen LogP contribution is 2.46. The molecule has 1 saturated carbocycles. The van der Waals surface area contributed by atoms with Crippen molar-refractivity contribution in [2.45, 2.75) is 24.1 Å². The second-order valence-electron chi connectivity index (χ2n) is 4.17. The first-order valence-corrected chi connectivity index (χ1v) is 5.62. The number of aliphatic hydroxyl groups excluding tert-OH is 1. The molecule has 1 heterocycles. The highest BCUT2D eigenvalue weighted by Gasteiger charge is 2.45. The zero-order valence-corrected chi connectivity index (χ0v) is 9.09. The van der Waals surface area contributed by atoms with Gasteiger partial charge in [-0.2, -0.15) is 0 Å². The van der Waals surface area contributed by atoms with Crippen LogP contribution in [0.15, 0.2) is 0 Å². The van der Waals surface area contributed by atoms with E-state index < -0.39 is 0 Å². The molecule has 1 amide bonds. The first kappa shape index (κ1) is 9.46. The minimum atomic E-state index is 0.0157. The van der Waals surface area contributed by atoms with Crippen molar-refractivity contribution in [3.8, 4) is 0 Å². The third-order valence-corrected chi connectivity index (χ3v) is 3.90. The summed E-state index contributed by atoms with van der Waals surface area (Å²) in [5.74, 6) is 0.194. The Kier molecular flexibility index (Phi) is 2.36. The van der Waals surface area contributed by atoms with Gasteiger partial charge in [0.15, 0.2) is 0 Å². The molecule has 3 nitrogen and oxygen atoms in total. The molecular weight excluding hydrogens is 234 g/mol. The van der Waals surface area contributed by atoms with Crippen molar-refractivity contribution in [1.82, 2.24) is 4.90 Å². The van der Waals surface area contributed by atoms with Gasteiger partial charge in [0, 0.05) is 18.5 Å². The highest BCUT2D eigenvalue weighted by atomic mass is 79.9. The van der Waals surface area contributed by atoms with E-state index in [4.69, 9.17) is 5.11 Å². The smallest absolute Gasteiger partial charge is 0.236 e. The van der Waals surface area contributed by atoms with Crippen molar-refractivity contribution < 1.29 is 9.90 Å². The standard InChI is InChI=1S/C9H14BrNO2/c10-7-1-4-11(8(7)13)5-9(6-12)2-3-9/h7,12H,1-6H2. The van der Waals surface area contributed by atoms with E-state index in [0.717, 1.165) is 32.4 Å². The van der Waals surface area contributed by atoms with Crippen molar-refractivity contribution in [3.63, 3.8) is 0 Å². The fraction of sp³-hybridized carbons (Fsp3) is 0.889. The first-order chi connectivity index (χ1) is 6.17. The third kappa shape index (κ3) is 1.74. The number of hydrogen-bond donors (Lipinski definition) is 1. The van der Waals surface area contributed by atoms with Crippen LogP contribution in [0.2, 0.25) is 0 Å². The number of likely N-dealkylation sites (tertiary alicyclic amines) is 1. The van der Waals surface area contributed by atoms with Crippen molar-refractivity contribution in [2.24, 2.45) is 5.41 Å². The quantitative estimate of drug-likeness (QED) is 0.749. The maximum absolute atomic E-state index is 11.5. The lowest BCUT2D eigenvalue weighted by Crippen LogP contribution is -2.34. The average molecular weight is 248 g/mol. The molecule has 74 valence electrons. The van der Waals surface area contributed by atoms with E-state index in [1.54, 1.807) is 0 Å². The molecule has 2 aliphatic rings. The van der Waals surface area contributed by atoms with Crippen LogP contribution < -0.4 is 0 Å². The minimum absolute atomic E-state index is 0.0157. The summed E-state index contributed by atoms with van der Waals surface area (Å²) in [6.45, 7) is 1.82. The van der Waals surface area contributed by atoms with Gasteiger partial charge in [-0.15, -0.1) is 0 Å². The largest absolute Gasteiger partial charge is 0.396 e. The Morgan fingerprint density at radius 1 is 1.62 bits per heavy atom. The molecule has 1 aliphatic carbocycles. The van der Waals surface area contributed by atoms with Crippen LogP contribution in [0.4, 0.5) is 0 Å². The lowest BCUT2D eigenvalue weighted by molar-refractivity contribution is -0.128. The van der Waals surface area contributed by atoms with Gasteiger partial charge >= 0.3 is 0 Å².